The van der Waals surface area contributed by atoms with Crippen LogP contribution in [0.1, 0.15) is 24.4 Å². The van der Waals surface area contributed by atoms with E-state index in [0.29, 0.717) is 4.47 Å². The Kier molecular flexibility index (Phi) is 4.79. The molecule has 0 aliphatic rings. The van der Waals surface area contributed by atoms with Gasteiger partial charge in [0.2, 0.25) is 5.91 Å². The summed E-state index contributed by atoms with van der Waals surface area (Å²) in [7, 11) is 0. The molecule has 1 atom stereocenters. The summed E-state index contributed by atoms with van der Waals surface area (Å²) in [5.74, 6) is -1.11. The zero-order valence-corrected chi connectivity index (χ0v) is 14.2. The Hall–Kier alpha value is -2.29. The number of hydrogen-bond acceptors (Lipinski definition) is 4. The molecular weight excluding hydrogens is 371 g/mol. The second kappa shape index (κ2) is 6.45. The standard InChI is InChI=1S/C14H14BrFN4O3/c1-7-13(20(22)23)8(2)19(18-7)9(3)14(21)17-12-5-4-10(15)6-11(12)16/h4-6,9H,1-3H3,(H,17,21)/t9-/m0/s1. The number of aryl methyl sites for hydroxylation is 1. The quantitative estimate of drug-likeness (QED) is 0.644. The van der Waals surface area contributed by atoms with Crippen molar-refractivity contribution in [2.24, 2.45) is 0 Å². The van der Waals surface area contributed by atoms with Crippen molar-refractivity contribution in [3.63, 3.8) is 0 Å². The molecular formula is C14H14BrFN4O3. The number of rotatable bonds is 4. The van der Waals surface area contributed by atoms with E-state index in [9.17, 15) is 19.3 Å². The summed E-state index contributed by atoms with van der Waals surface area (Å²) in [4.78, 5) is 22.8. The minimum atomic E-state index is -0.828. The van der Waals surface area contributed by atoms with Gasteiger partial charge in [-0.2, -0.15) is 5.10 Å². The molecule has 0 aliphatic heterocycles. The minimum Gasteiger partial charge on any atom is -0.322 e. The van der Waals surface area contributed by atoms with Crippen LogP contribution < -0.4 is 5.32 Å². The molecule has 0 aliphatic carbocycles. The fourth-order valence-electron chi connectivity index (χ4n) is 2.23. The second-order valence-corrected chi connectivity index (χ2v) is 5.93. The van der Waals surface area contributed by atoms with Crippen LogP contribution in [0, 0.1) is 29.8 Å². The molecule has 7 nitrogen and oxygen atoms in total. The molecule has 122 valence electrons. The van der Waals surface area contributed by atoms with Gasteiger partial charge in [-0.15, -0.1) is 0 Å². The van der Waals surface area contributed by atoms with Gasteiger partial charge in [-0.05, 0) is 39.0 Å². The van der Waals surface area contributed by atoms with E-state index >= 15 is 0 Å². The van der Waals surface area contributed by atoms with Crippen LogP contribution >= 0.6 is 15.9 Å². The maximum absolute atomic E-state index is 13.8. The van der Waals surface area contributed by atoms with Crippen LogP contribution in [0.5, 0.6) is 0 Å². The van der Waals surface area contributed by atoms with Gasteiger partial charge in [0.1, 0.15) is 23.2 Å². The highest BCUT2D eigenvalue weighted by Gasteiger charge is 2.27. The number of anilines is 1. The highest BCUT2D eigenvalue weighted by atomic mass is 79.9. The molecule has 1 N–H and O–H groups in total. The van der Waals surface area contributed by atoms with Gasteiger partial charge in [0.15, 0.2) is 0 Å². The first-order chi connectivity index (χ1) is 10.7. The van der Waals surface area contributed by atoms with E-state index in [2.05, 4.69) is 26.3 Å². The third kappa shape index (κ3) is 3.39. The molecule has 0 spiro atoms. The first-order valence-electron chi connectivity index (χ1n) is 6.68. The second-order valence-electron chi connectivity index (χ2n) is 5.01. The van der Waals surface area contributed by atoms with Gasteiger partial charge in [0, 0.05) is 4.47 Å². The Morgan fingerprint density at radius 2 is 2.13 bits per heavy atom. The lowest BCUT2D eigenvalue weighted by atomic mass is 10.2. The van der Waals surface area contributed by atoms with Crippen molar-refractivity contribution in [3.8, 4) is 0 Å². The lowest BCUT2D eigenvalue weighted by molar-refractivity contribution is -0.386. The molecule has 0 unspecified atom stereocenters. The Morgan fingerprint density at radius 1 is 1.48 bits per heavy atom. The molecule has 1 aromatic heterocycles. The minimum absolute atomic E-state index is 0.0288. The zero-order chi connectivity index (χ0) is 17.3. The number of carbonyl (C=O) groups excluding carboxylic acids is 1. The van der Waals surface area contributed by atoms with E-state index in [0.717, 1.165) is 0 Å². The molecule has 0 radical (unpaired) electrons. The van der Waals surface area contributed by atoms with Gasteiger partial charge in [-0.25, -0.2) is 4.39 Å². The summed E-state index contributed by atoms with van der Waals surface area (Å²) in [6.45, 7) is 4.55. The molecule has 1 aromatic carbocycles. The van der Waals surface area contributed by atoms with Crippen molar-refractivity contribution in [3.05, 3.63) is 50.0 Å². The molecule has 0 fully saturated rings. The topological polar surface area (TPSA) is 90.1 Å². The summed E-state index contributed by atoms with van der Waals surface area (Å²) in [6, 6.07) is 3.42. The third-order valence-electron chi connectivity index (χ3n) is 3.40. The molecule has 9 heteroatoms. The summed E-state index contributed by atoms with van der Waals surface area (Å²) in [5, 5.41) is 17.5. The summed E-state index contributed by atoms with van der Waals surface area (Å²) in [6.07, 6.45) is 0. The average molecular weight is 385 g/mol. The number of halogens is 2. The number of nitro groups is 1. The number of aromatic nitrogens is 2. The largest absolute Gasteiger partial charge is 0.322 e. The smallest absolute Gasteiger partial charge is 0.312 e. The van der Waals surface area contributed by atoms with Gasteiger partial charge < -0.3 is 5.32 Å². The Morgan fingerprint density at radius 3 is 2.65 bits per heavy atom. The maximum Gasteiger partial charge on any atom is 0.312 e. The van der Waals surface area contributed by atoms with Gasteiger partial charge in [0.05, 0.1) is 10.6 Å². The number of nitrogens with one attached hydrogen (secondary N) is 1. The fourth-order valence-corrected chi connectivity index (χ4v) is 2.57. The van der Waals surface area contributed by atoms with Gasteiger partial charge in [-0.1, -0.05) is 15.9 Å². The lowest BCUT2D eigenvalue weighted by Gasteiger charge is -2.14. The summed E-state index contributed by atoms with van der Waals surface area (Å²) >= 11 is 3.13. The van der Waals surface area contributed by atoms with Crippen molar-refractivity contribution >= 4 is 33.2 Å². The molecule has 0 saturated heterocycles. The van der Waals surface area contributed by atoms with Crippen molar-refractivity contribution in [1.82, 2.24) is 9.78 Å². The number of carbonyl (C=O) groups is 1. The fraction of sp³-hybridized carbons (Fsp3) is 0.286. The van der Waals surface area contributed by atoms with Gasteiger partial charge >= 0.3 is 5.69 Å². The molecule has 1 heterocycles. The monoisotopic (exact) mass is 384 g/mol. The third-order valence-corrected chi connectivity index (χ3v) is 3.90. The molecule has 2 aromatic rings. The SMILES string of the molecule is Cc1nn([C@@H](C)C(=O)Nc2ccc(Br)cc2F)c(C)c1[N+](=O)[O-]. The molecule has 2 rings (SSSR count). The van der Waals surface area contributed by atoms with Gasteiger partial charge in [0.25, 0.3) is 0 Å². The van der Waals surface area contributed by atoms with Crippen LogP contribution in [0.15, 0.2) is 22.7 Å². The van der Waals surface area contributed by atoms with Crippen molar-refractivity contribution in [2.75, 3.05) is 5.32 Å². The normalized spacial score (nSPS) is 12.0. The van der Waals surface area contributed by atoms with Crippen LogP contribution in [0.3, 0.4) is 0 Å². The summed E-state index contributed by atoms with van der Waals surface area (Å²) < 4.78 is 15.6. The van der Waals surface area contributed by atoms with Crippen molar-refractivity contribution in [1.29, 1.82) is 0 Å². The predicted molar refractivity (Wildman–Crippen MR) is 85.8 cm³/mol. The van der Waals surface area contributed by atoms with Gasteiger partial charge in [-0.3, -0.25) is 19.6 Å². The molecule has 23 heavy (non-hydrogen) atoms. The number of amides is 1. The predicted octanol–water partition coefficient (Wildman–Crippen LogP) is 3.51. The molecule has 0 bridgehead atoms. The zero-order valence-electron chi connectivity index (χ0n) is 12.6. The van der Waals surface area contributed by atoms with Crippen LogP contribution in [0.4, 0.5) is 15.8 Å². The van der Waals surface area contributed by atoms with E-state index < -0.39 is 22.7 Å². The highest BCUT2D eigenvalue weighted by Crippen LogP contribution is 2.26. The Bertz CT molecular complexity index is 791. The van der Waals surface area contributed by atoms with Crippen LogP contribution in [-0.4, -0.2) is 20.6 Å². The maximum atomic E-state index is 13.8. The van der Waals surface area contributed by atoms with E-state index in [1.165, 1.54) is 37.6 Å². The first kappa shape index (κ1) is 17.1. The lowest BCUT2D eigenvalue weighted by Crippen LogP contribution is -2.25. The molecule has 1 amide bonds. The highest BCUT2D eigenvalue weighted by molar-refractivity contribution is 9.10. The van der Waals surface area contributed by atoms with E-state index in [1.807, 2.05) is 0 Å². The molecule has 0 saturated carbocycles. The Labute approximate surface area is 139 Å². The van der Waals surface area contributed by atoms with E-state index in [4.69, 9.17) is 0 Å². The summed E-state index contributed by atoms with van der Waals surface area (Å²) in [5.41, 5.74) is 0.397. The Balaban J connectivity index is 2.27. The number of hydrogen-bond donors (Lipinski definition) is 1. The number of nitrogens with zero attached hydrogens (tertiary/aromatic N) is 3. The van der Waals surface area contributed by atoms with E-state index in [-0.39, 0.29) is 22.8 Å². The van der Waals surface area contributed by atoms with Crippen LogP contribution in [0.2, 0.25) is 0 Å². The van der Waals surface area contributed by atoms with Crippen molar-refractivity contribution in [2.45, 2.75) is 26.8 Å². The average Bonchev–Trinajstić information content (AvgIpc) is 2.76. The number of benzene rings is 1. The van der Waals surface area contributed by atoms with Crippen LogP contribution in [0.25, 0.3) is 0 Å². The first-order valence-corrected chi connectivity index (χ1v) is 7.47. The van der Waals surface area contributed by atoms with Crippen molar-refractivity contribution < 1.29 is 14.1 Å². The van der Waals surface area contributed by atoms with E-state index in [1.54, 1.807) is 6.07 Å². The van der Waals surface area contributed by atoms with Crippen LogP contribution in [-0.2, 0) is 4.79 Å².